The van der Waals surface area contributed by atoms with Crippen LogP contribution in [0.4, 0.5) is 0 Å². The Labute approximate surface area is 63.2 Å². The van der Waals surface area contributed by atoms with E-state index in [2.05, 4.69) is 25.8 Å². The van der Waals surface area contributed by atoms with Gasteiger partial charge in [-0.05, 0) is 19.9 Å². The highest BCUT2D eigenvalue weighted by atomic mass is 16.5. The van der Waals surface area contributed by atoms with Gasteiger partial charge in [-0.2, -0.15) is 0 Å². The minimum absolute atomic E-state index is 0.412. The van der Waals surface area contributed by atoms with Crippen molar-refractivity contribution in [1.82, 2.24) is 4.90 Å². The van der Waals surface area contributed by atoms with Crippen LogP contribution in [0.2, 0.25) is 0 Å². The molecule has 1 aliphatic heterocycles. The molecule has 0 N–H and O–H groups in total. The average molecular weight is 143 g/mol. The van der Waals surface area contributed by atoms with Crippen LogP contribution in [0.5, 0.6) is 0 Å². The van der Waals surface area contributed by atoms with Crippen molar-refractivity contribution in [3.05, 3.63) is 0 Å². The van der Waals surface area contributed by atoms with Gasteiger partial charge >= 0.3 is 0 Å². The van der Waals surface area contributed by atoms with Crippen LogP contribution in [0.15, 0.2) is 0 Å². The fourth-order valence-electron chi connectivity index (χ4n) is 1.48. The Morgan fingerprint density at radius 2 is 2.00 bits per heavy atom. The van der Waals surface area contributed by atoms with Crippen molar-refractivity contribution in [3.63, 3.8) is 0 Å². The third kappa shape index (κ3) is 2.27. The molecule has 2 heteroatoms. The maximum Gasteiger partial charge on any atom is 0.0673 e. The average Bonchev–Trinajstić information content (AvgIpc) is 1.93. The number of hydrogen-bond acceptors (Lipinski definition) is 2. The molecule has 1 heterocycles. The molecule has 0 aliphatic carbocycles. The van der Waals surface area contributed by atoms with Crippen LogP contribution in [0.1, 0.15) is 13.8 Å². The van der Waals surface area contributed by atoms with Gasteiger partial charge in [0.25, 0.3) is 0 Å². The highest BCUT2D eigenvalue weighted by molar-refractivity contribution is 4.66. The number of hydrogen-bond donors (Lipinski definition) is 0. The highest BCUT2D eigenvalue weighted by Crippen LogP contribution is 2.07. The summed E-state index contributed by atoms with van der Waals surface area (Å²) < 4.78 is 5.54. The maximum absolute atomic E-state index is 5.54. The summed E-state index contributed by atoms with van der Waals surface area (Å²) in [4.78, 5) is 2.34. The van der Waals surface area contributed by atoms with Crippen molar-refractivity contribution < 1.29 is 4.74 Å². The van der Waals surface area contributed by atoms with Crippen molar-refractivity contribution >= 4 is 0 Å². The van der Waals surface area contributed by atoms with Gasteiger partial charge in [0.1, 0.15) is 0 Å². The van der Waals surface area contributed by atoms with E-state index in [0.29, 0.717) is 12.0 Å². The molecule has 2 atom stereocenters. The molecule has 0 bridgehead atoms. The first-order valence-electron chi connectivity index (χ1n) is 3.98. The van der Waals surface area contributed by atoms with Crippen LogP contribution >= 0.6 is 0 Å². The van der Waals surface area contributed by atoms with Crippen LogP contribution in [0, 0.1) is 5.92 Å². The molecule has 0 aromatic carbocycles. The molecule has 1 fully saturated rings. The molecule has 1 aliphatic rings. The maximum atomic E-state index is 5.54. The first-order valence-corrected chi connectivity index (χ1v) is 3.98. The van der Waals surface area contributed by atoms with Gasteiger partial charge in [0, 0.05) is 13.1 Å². The summed E-state index contributed by atoms with van der Waals surface area (Å²) in [5, 5.41) is 0. The topological polar surface area (TPSA) is 12.5 Å². The Hall–Kier alpha value is -0.0800. The zero-order chi connectivity index (χ0) is 7.56. The highest BCUT2D eigenvalue weighted by Gasteiger charge is 2.15. The van der Waals surface area contributed by atoms with Crippen LogP contribution in [-0.4, -0.2) is 37.7 Å². The molecule has 0 spiro atoms. The Bertz CT molecular complexity index is 93.4. The molecule has 1 rings (SSSR count). The normalized spacial score (nSPS) is 37.5. The van der Waals surface area contributed by atoms with E-state index in [1.165, 1.54) is 6.54 Å². The van der Waals surface area contributed by atoms with Gasteiger partial charge in [0.2, 0.25) is 0 Å². The zero-order valence-corrected chi connectivity index (χ0v) is 7.13. The van der Waals surface area contributed by atoms with Gasteiger partial charge in [-0.15, -0.1) is 0 Å². The standard InChI is InChI=1S/C8H17NO/c1-7-4-9(3)5-8(2)10-6-7/h7-8H,4-6H2,1-3H3. The van der Waals surface area contributed by atoms with Gasteiger partial charge in [-0.1, -0.05) is 6.92 Å². The summed E-state index contributed by atoms with van der Waals surface area (Å²) in [6.45, 7) is 7.53. The lowest BCUT2D eigenvalue weighted by molar-refractivity contribution is 0.0592. The van der Waals surface area contributed by atoms with Gasteiger partial charge in [0.15, 0.2) is 0 Å². The molecule has 0 aromatic heterocycles. The van der Waals surface area contributed by atoms with Crippen molar-refractivity contribution in [1.29, 1.82) is 0 Å². The number of nitrogens with zero attached hydrogens (tertiary/aromatic N) is 1. The van der Waals surface area contributed by atoms with Gasteiger partial charge in [0.05, 0.1) is 12.7 Å². The number of likely N-dealkylation sites (N-methyl/N-ethyl adjacent to an activating group) is 1. The molecule has 2 nitrogen and oxygen atoms in total. The van der Waals surface area contributed by atoms with E-state index in [1.807, 2.05) is 0 Å². The quantitative estimate of drug-likeness (QED) is 0.501. The molecule has 1 saturated heterocycles. The van der Waals surface area contributed by atoms with Crippen molar-refractivity contribution in [3.8, 4) is 0 Å². The number of rotatable bonds is 0. The van der Waals surface area contributed by atoms with E-state index in [-0.39, 0.29) is 0 Å². The van der Waals surface area contributed by atoms with Crippen molar-refractivity contribution in [2.24, 2.45) is 5.92 Å². The zero-order valence-electron chi connectivity index (χ0n) is 7.13. The molecule has 10 heavy (non-hydrogen) atoms. The molecular formula is C8H17NO. The fraction of sp³-hybridized carbons (Fsp3) is 1.00. The van der Waals surface area contributed by atoms with E-state index < -0.39 is 0 Å². The van der Waals surface area contributed by atoms with E-state index in [4.69, 9.17) is 4.74 Å². The predicted octanol–water partition coefficient (Wildman–Crippen LogP) is 0.973. The third-order valence-corrected chi connectivity index (χ3v) is 1.86. The Morgan fingerprint density at radius 3 is 2.70 bits per heavy atom. The van der Waals surface area contributed by atoms with Gasteiger partial charge in [-0.25, -0.2) is 0 Å². The lowest BCUT2D eigenvalue weighted by Gasteiger charge is -2.16. The minimum Gasteiger partial charge on any atom is -0.377 e. The first-order chi connectivity index (χ1) is 4.68. The second-order valence-electron chi connectivity index (χ2n) is 3.47. The van der Waals surface area contributed by atoms with Crippen molar-refractivity contribution in [2.75, 3.05) is 26.7 Å². The molecule has 0 amide bonds. The van der Waals surface area contributed by atoms with Crippen LogP contribution < -0.4 is 0 Å². The Morgan fingerprint density at radius 1 is 1.30 bits per heavy atom. The molecule has 60 valence electrons. The van der Waals surface area contributed by atoms with E-state index >= 15 is 0 Å². The fourth-order valence-corrected chi connectivity index (χ4v) is 1.48. The van der Waals surface area contributed by atoms with Crippen LogP contribution in [0.3, 0.4) is 0 Å². The molecule has 0 saturated carbocycles. The second kappa shape index (κ2) is 3.35. The lowest BCUT2D eigenvalue weighted by Crippen LogP contribution is -2.27. The summed E-state index contributed by atoms with van der Waals surface area (Å²) in [7, 11) is 2.15. The van der Waals surface area contributed by atoms with E-state index in [0.717, 1.165) is 13.2 Å². The largest absolute Gasteiger partial charge is 0.377 e. The van der Waals surface area contributed by atoms with Gasteiger partial charge in [-0.3, -0.25) is 0 Å². The first kappa shape index (κ1) is 8.02. The molecule has 0 aromatic rings. The monoisotopic (exact) mass is 143 g/mol. The Balaban J connectivity index is 2.38. The predicted molar refractivity (Wildman–Crippen MR) is 42.1 cm³/mol. The number of ether oxygens (including phenoxy) is 1. The lowest BCUT2D eigenvalue weighted by atomic mass is 10.2. The molecule has 0 radical (unpaired) electrons. The summed E-state index contributed by atoms with van der Waals surface area (Å²) in [6.07, 6.45) is 0.412. The van der Waals surface area contributed by atoms with Crippen LogP contribution in [-0.2, 0) is 4.74 Å². The Kier molecular flexibility index (Phi) is 2.69. The molecular weight excluding hydrogens is 126 g/mol. The SMILES string of the molecule is CC1COC(C)CN(C)C1. The summed E-state index contributed by atoms with van der Waals surface area (Å²) in [5.74, 6) is 0.690. The molecule has 2 unspecified atom stereocenters. The van der Waals surface area contributed by atoms with Crippen LogP contribution in [0.25, 0.3) is 0 Å². The smallest absolute Gasteiger partial charge is 0.0673 e. The summed E-state index contributed by atoms with van der Waals surface area (Å²) in [6, 6.07) is 0. The van der Waals surface area contributed by atoms with Crippen molar-refractivity contribution in [2.45, 2.75) is 20.0 Å². The van der Waals surface area contributed by atoms with E-state index in [1.54, 1.807) is 0 Å². The summed E-state index contributed by atoms with van der Waals surface area (Å²) in [5.41, 5.74) is 0. The second-order valence-corrected chi connectivity index (χ2v) is 3.47. The summed E-state index contributed by atoms with van der Waals surface area (Å²) >= 11 is 0. The minimum atomic E-state index is 0.412. The van der Waals surface area contributed by atoms with Gasteiger partial charge < -0.3 is 9.64 Å². The third-order valence-electron chi connectivity index (χ3n) is 1.86. The van der Waals surface area contributed by atoms with E-state index in [9.17, 15) is 0 Å².